The Morgan fingerprint density at radius 1 is 1.40 bits per heavy atom. The first-order chi connectivity index (χ1) is 6.60. The highest BCUT2D eigenvalue weighted by atomic mass is 19.3. The van der Waals surface area contributed by atoms with E-state index in [4.69, 9.17) is 9.84 Å². The Morgan fingerprint density at radius 2 is 1.87 bits per heavy atom. The zero-order chi connectivity index (χ0) is 12.3. The number of amides is 1. The number of carbonyl (C=O) groups is 1. The minimum Gasteiger partial charge on any atom is -0.444 e. The van der Waals surface area contributed by atoms with Crippen LogP contribution in [0, 0.1) is 0 Å². The van der Waals surface area contributed by atoms with Crippen LogP contribution in [0.5, 0.6) is 0 Å². The van der Waals surface area contributed by atoms with Crippen LogP contribution in [0.4, 0.5) is 13.6 Å². The van der Waals surface area contributed by atoms with Crippen LogP contribution in [-0.4, -0.2) is 35.4 Å². The van der Waals surface area contributed by atoms with Crippen molar-refractivity contribution in [3.05, 3.63) is 0 Å². The van der Waals surface area contributed by atoms with Crippen LogP contribution in [0.3, 0.4) is 0 Å². The van der Waals surface area contributed by atoms with E-state index in [1.165, 1.54) is 0 Å². The van der Waals surface area contributed by atoms with Crippen molar-refractivity contribution in [1.29, 1.82) is 0 Å². The van der Waals surface area contributed by atoms with Gasteiger partial charge in [-0.1, -0.05) is 0 Å². The molecule has 0 rings (SSSR count). The quantitative estimate of drug-likeness (QED) is 0.765. The molecule has 1 unspecified atom stereocenters. The van der Waals surface area contributed by atoms with E-state index >= 15 is 0 Å². The molecule has 0 aromatic carbocycles. The Bertz CT molecular complexity index is 228. The van der Waals surface area contributed by atoms with Gasteiger partial charge in [0, 0.05) is 0 Å². The van der Waals surface area contributed by atoms with Crippen molar-refractivity contribution in [2.45, 2.75) is 45.3 Å². The number of ether oxygens (including phenoxy) is 1. The van der Waals surface area contributed by atoms with Crippen molar-refractivity contribution < 1.29 is 23.4 Å². The predicted molar refractivity (Wildman–Crippen MR) is 50.9 cm³/mol. The molecule has 0 aliphatic rings. The van der Waals surface area contributed by atoms with E-state index in [9.17, 15) is 13.6 Å². The van der Waals surface area contributed by atoms with Crippen molar-refractivity contribution in [1.82, 2.24) is 5.32 Å². The highest BCUT2D eigenvalue weighted by molar-refractivity contribution is 5.68. The van der Waals surface area contributed by atoms with Crippen LogP contribution in [-0.2, 0) is 4.74 Å². The van der Waals surface area contributed by atoms with Gasteiger partial charge in [0.15, 0.2) is 0 Å². The number of alkyl halides is 2. The molecule has 90 valence electrons. The molecule has 0 aliphatic heterocycles. The van der Waals surface area contributed by atoms with E-state index in [0.29, 0.717) is 0 Å². The van der Waals surface area contributed by atoms with Crippen LogP contribution in [0.1, 0.15) is 27.7 Å². The molecule has 0 saturated carbocycles. The summed E-state index contributed by atoms with van der Waals surface area (Å²) in [5, 5.41) is 10.7. The lowest BCUT2D eigenvalue weighted by Gasteiger charge is -2.29. The highest BCUT2D eigenvalue weighted by Crippen LogP contribution is 2.16. The van der Waals surface area contributed by atoms with E-state index in [1.807, 2.05) is 5.32 Å². The third-order valence-electron chi connectivity index (χ3n) is 1.60. The number of halogens is 2. The zero-order valence-corrected chi connectivity index (χ0v) is 9.30. The number of nitrogens with one attached hydrogen (secondary N) is 1. The fraction of sp³-hybridized carbons (Fsp3) is 0.889. The number of aliphatic hydroxyl groups is 1. The molecule has 4 nitrogen and oxygen atoms in total. The molecule has 0 fully saturated rings. The van der Waals surface area contributed by atoms with E-state index in [2.05, 4.69) is 0 Å². The number of hydrogen-bond acceptors (Lipinski definition) is 3. The largest absolute Gasteiger partial charge is 0.444 e. The maximum absolute atomic E-state index is 12.4. The Hall–Kier alpha value is -0.910. The normalized spacial score (nSPS) is 16.0. The Morgan fingerprint density at radius 3 is 2.13 bits per heavy atom. The summed E-state index contributed by atoms with van der Waals surface area (Å²) < 4.78 is 29.7. The van der Waals surface area contributed by atoms with Crippen molar-refractivity contribution in [2.75, 3.05) is 6.61 Å². The molecule has 0 spiro atoms. The van der Waals surface area contributed by atoms with Gasteiger partial charge in [-0.25, -0.2) is 13.6 Å². The number of carbonyl (C=O) groups excluding carboxylic acids is 1. The monoisotopic (exact) mass is 225 g/mol. The number of rotatable bonds is 3. The van der Waals surface area contributed by atoms with Gasteiger partial charge in [0.2, 0.25) is 0 Å². The van der Waals surface area contributed by atoms with Gasteiger partial charge in [-0.15, -0.1) is 0 Å². The van der Waals surface area contributed by atoms with Crippen molar-refractivity contribution >= 4 is 6.09 Å². The number of hydrogen-bond donors (Lipinski definition) is 2. The lowest BCUT2D eigenvalue weighted by Crippen LogP contribution is -2.55. The van der Waals surface area contributed by atoms with Crippen molar-refractivity contribution in [3.63, 3.8) is 0 Å². The average Bonchev–Trinajstić information content (AvgIpc) is 1.99. The zero-order valence-electron chi connectivity index (χ0n) is 9.30. The lowest BCUT2D eigenvalue weighted by molar-refractivity contribution is -0.00904. The fourth-order valence-electron chi connectivity index (χ4n) is 0.700. The van der Waals surface area contributed by atoms with E-state index in [1.54, 1.807) is 20.8 Å². The number of alkyl carbamates (subject to hydrolysis) is 1. The maximum atomic E-state index is 12.4. The molecule has 0 aromatic heterocycles. The van der Waals surface area contributed by atoms with Crippen LogP contribution in [0.25, 0.3) is 0 Å². The van der Waals surface area contributed by atoms with Gasteiger partial charge in [0.25, 0.3) is 6.43 Å². The van der Waals surface area contributed by atoms with Crippen LogP contribution < -0.4 is 5.32 Å². The molecule has 2 N–H and O–H groups in total. The third kappa shape index (κ3) is 4.92. The predicted octanol–water partition coefficient (Wildman–Crippen LogP) is 1.53. The second-order valence-electron chi connectivity index (χ2n) is 4.50. The molecule has 0 aliphatic carbocycles. The summed E-state index contributed by atoms with van der Waals surface area (Å²) in [4.78, 5) is 11.2. The van der Waals surface area contributed by atoms with Gasteiger partial charge in [0.1, 0.15) is 11.1 Å². The molecule has 0 radical (unpaired) electrons. The molecular weight excluding hydrogens is 208 g/mol. The molecule has 0 aromatic rings. The standard InChI is InChI=1S/C9H17F2NO3/c1-8(2,3)15-7(14)12-9(4,5-13)6(10)11/h6,13H,5H2,1-4H3,(H,12,14). The van der Waals surface area contributed by atoms with Gasteiger partial charge in [-0.05, 0) is 27.7 Å². The van der Waals surface area contributed by atoms with Gasteiger partial charge in [0.05, 0.1) is 6.61 Å². The first-order valence-corrected chi connectivity index (χ1v) is 4.51. The van der Waals surface area contributed by atoms with Gasteiger partial charge in [-0.2, -0.15) is 0 Å². The Kier molecular flexibility index (Phi) is 4.45. The first-order valence-electron chi connectivity index (χ1n) is 4.51. The van der Waals surface area contributed by atoms with Crippen LogP contribution in [0.2, 0.25) is 0 Å². The molecule has 6 heteroatoms. The van der Waals surface area contributed by atoms with E-state index in [0.717, 1.165) is 6.92 Å². The minimum absolute atomic E-state index is 0.761. The second-order valence-corrected chi connectivity index (χ2v) is 4.50. The van der Waals surface area contributed by atoms with Crippen molar-refractivity contribution in [3.8, 4) is 0 Å². The topological polar surface area (TPSA) is 58.6 Å². The summed E-state index contributed by atoms with van der Waals surface area (Å²) >= 11 is 0. The molecule has 0 bridgehead atoms. The summed E-state index contributed by atoms with van der Waals surface area (Å²) in [5.41, 5.74) is -2.73. The maximum Gasteiger partial charge on any atom is 0.408 e. The minimum atomic E-state index is -2.87. The van der Waals surface area contributed by atoms with Crippen molar-refractivity contribution in [2.24, 2.45) is 0 Å². The fourth-order valence-corrected chi connectivity index (χ4v) is 0.700. The van der Waals surface area contributed by atoms with Gasteiger partial charge in [-0.3, -0.25) is 0 Å². The summed E-state index contributed by atoms with van der Waals surface area (Å²) in [5.74, 6) is 0. The SMILES string of the molecule is CC(C)(C)OC(=O)NC(C)(CO)C(F)F. The molecule has 0 heterocycles. The smallest absolute Gasteiger partial charge is 0.408 e. The summed E-state index contributed by atoms with van der Waals surface area (Å²) in [6, 6.07) is 0. The molecule has 1 amide bonds. The molecule has 1 atom stereocenters. The summed E-state index contributed by atoms with van der Waals surface area (Å²) in [7, 11) is 0. The number of aliphatic hydroxyl groups excluding tert-OH is 1. The molecular formula is C9H17F2NO3. The van der Waals surface area contributed by atoms with Gasteiger partial charge < -0.3 is 15.2 Å². The van der Waals surface area contributed by atoms with E-state index < -0.39 is 30.3 Å². The van der Waals surface area contributed by atoms with E-state index in [-0.39, 0.29) is 0 Å². The lowest BCUT2D eigenvalue weighted by atomic mass is 10.1. The summed E-state index contributed by atoms with van der Waals surface area (Å²) in [6.45, 7) is 5.03. The third-order valence-corrected chi connectivity index (χ3v) is 1.60. The molecule has 15 heavy (non-hydrogen) atoms. The highest BCUT2D eigenvalue weighted by Gasteiger charge is 2.37. The average molecular weight is 225 g/mol. The summed E-state index contributed by atoms with van der Waals surface area (Å²) in [6.07, 6.45) is -3.84. The van der Waals surface area contributed by atoms with Crippen LogP contribution >= 0.6 is 0 Å². The first kappa shape index (κ1) is 14.1. The van der Waals surface area contributed by atoms with Gasteiger partial charge >= 0.3 is 6.09 Å². The Labute approximate surface area is 87.6 Å². The van der Waals surface area contributed by atoms with Crippen LogP contribution in [0.15, 0.2) is 0 Å². The molecule has 0 saturated heterocycles. The second kappa shape index (κ2) is 4.74. The Balaban J connectivity index is 4.39.